The van der Waals surface area contributed by atoms with Crippen LogP contribution in [0, 0.1) is 0 Å². The molecule has 0 radical (unpaired) electrons. The second-order valence-electron chi connectivity index (χ2n) is 8.84. The van der Waals surface area contributed by atoms with Gasteiger partial charge in [-0.2, -0.15) is 5.10 Å². The number of hydrogen-bond acceptors (Lipinski definition) is 4. The van der Waals surface area contributed by atoms with Crippen molar-refractivity contribution >= 4 is 17.5 Å². The number of ether oxygens (including phenoxy) is 1. The quantitative estimate of drug-likeness (QED) is 0.549. The van der Waals surface area contributed by atoms with E-state index in [0.717, 1.165) is 61.7 Å². The summed E-state index contributed by atoms with van der Waals surface area (Å²) >= 11 is 0. The van der Waals surface area contributed by atoms with Crippen LogP contribution in [0.1, 0.15) is 36.1 Å². The minimum atomic E-state index is -0.200. The molecule has 0 saturated carbocycles. The summed E-state index contributed by atoms with van der Waals surface area (Å²) in [6.45, 7) is 8.99. The van der Waals surface area contributed by atoms with Crippen LogP contribution in [0.25, 0.3) is 5.70 Å². The van der Waals surface area contributed by atoms with Crippen LogP contribution >= 0.6 is 0 Å². The van der Waals surface area contributed by atoms with Gasteiger partial charge in [-0.1, -0.05) is 49.1 Å². The zero-order valence-corrected chi connectivity index (χ0v) is 20.2. The second kappa shape index (κ2) is 11.3. The molecule has 4 rings (SSSR count). The zero-order chi connectivity index (χ0) is 23.9. The number of rotatable bonds is 9. The molecule has 0 unspecified atom stereocenters. The van der Waals surface area contributed by atoms with E-state index in [1.807, 2.05) is 35.9 Å². The Morgan fingerprint density at radius 1 is 1.26 bits per heavy atom. The lowest BCUT2D eigenvalue weighted by atomic mass is 9.94. The molecule has 2 aliphatic rings. The van der Waals surface area contributed by atoms with Gasteiger partial charge in [0.15, 0.2) is 0 Å². The van der Waals surface area contributed by atoms with Gasteiger partial charge < -0.3 is 10.1 Å². The smallest absolute Gasteiger partial charge is 0.320 e. The zero-order valence-electron chi connectivity index (χ0n) is 20.2. The average Bonchev–Trinajstić information content (AvgIpc) is 3.54. The van der Waals surface area contributed by atoms with Crippen molar-refractivity contribution in [3.63, 3.8) is 0 Å². The SMILES string of the molecule is C=C/C=C(\C=C/C)n1nc2c(c1NC(=O)N[C@@H]1CN(CCOC)C[C@H]1c1ccccc1)CCC2. The summed E-state index contributed by atoms with van der Waals surface area (Å²) in [6, 6.07) is 10.2. The van der Waals surface area contributed by atoms with Crippen molar-refractivity contribution in [2.75, 3.05) is 38.7 Å². The molecule has 2 atom stereocenters. The number of aromatic nitrogens is 2. The summed E-state index contributed by atoms with van der Waals surface area (Å²) in [5, 5.41) is 11.2. The highest BCUT2D eigenvalue weighted by atomic mass is 16.5. The fraction of sp³-hybridized carbons (Fsp3) is 0.407. The number of fused-ring (bicyclic) bond motifs is 1. The Labute approximate surface area is 202 Å². The van der Waals surface area contributed by atoms with Crippen molar-refractivity contribution in [3.05, 3.63) is 78.0 Å². The molecule has 180 valence electrons. The highest BCUT2D eigenvalue weighted by molar-refractivity contribution is 5.90. The van der Waals surface area contributed by atoms with Gasteiger partial charge in [0, 0.05) is 38.2 Å². The molecule has 2 N–H and O–H groups in total. The molecule has 1 aliphatic heterocycles. The number of allylic oxidation sites excluding steroid dienone is 5. The molecule has 1 aromatic carbocycles. The summed E-state index contributed by atoms with van der Waals surface area (Å²) in [6.07, 6.45) is 10.5. The Morgan fingerprint density at radius 2 is 2.09 bits per heavy atom. The van der Waals surface area contributed by atoms with E-state index in [1.165, 1.54) is 5.56 Å². The van der Waals surface area contributed by atoms with Gasteiger partial charge in [0.2, 0.25) is 0 Å². The normalized spacial score (nSPS) is 20.6. The lowest BCUT2D eigenvalue weighted by Crippen LogP contribution is -2.42. The van der Waals surface area contributed by atoms with E-state index < -0.39 is 0 Å². The highest BCUT2D eigenvalue weighted by Gasteiger charge is 2.35. The molecule has 0 spiro atoms. The summed E-state index contributed by atoms with van der Waals surface area (Å²) in [7, 11) is 1.72. The maximum atomic E-state index is 13.3. The average molecular weight is 462 g/mol. The summed E-state index contributed by atoms with van der Waals surface area (Å²) in [5.41, 5.74) is 4.30. The number of nitrogens with one attached hydrogen (secondary N) is 2. The molecule has 7 heteroatoms. The first-order chi connectivity index (χ1) is 16.6. The fourth-order valence-corrected chi connectivity index (χ4v) is 4.98. The largest absolute Gasteiger partial charge is 0.383 e. The van der Waals surface area contributed by atoms with Crippen molar-refractivity contribution in [1.29, 1.82) is 0 Å². The van der Waals surface area contributed by atoms with Crippen LogP contribution < -0.4 is 10.6 Å². The fourth-order valence-electron chi connectivity index (χ4n) is 4.98. The monoisotopic (exact) mass is 461 g/mol. The predicted octanol–water partition coefficient (Wildman–Crippen LogP) is 4.21. The number of likely N-dealkylation sites (tertiary alicyclic amines) is 1. The molecule has 7 nitrogen and oxygen atoms in total. The second-order valence-corrected chi connectivity index (χ2v) is 8.84. The van der Waals surface area contributed by atoms with Gasteiger partial charge in [-0.3, -0.25) is 10.2 Å². The Balaban J connectivity index is 1.54. The van der Waals surface area contributed by atoms with E-state index in [-0.39, 0.29) is 18.0 Å². The van der Waals surface area contributed by atoms with Crippen LogP contribution in [-0.2, 0) is 17.6 Å². The molecule has 1 fully saturated rings. The Morgan fingerprint density at radius 3 is 2.82 bits per heavy atom. The van der Waals surface area contributed by atoms with Crippen molar-refractivity contribution in [2.24, 2.45) is 0 Å². The Bertz CT molecular complexity index is 1060. The molecular weight excluding hydrogens is 426 g/mol. The van der Waals surface area contributed by atoms with E-state index in [9.17, 15) is 4.79 Å². The third kappa shape index (κ3) is 5.32. The van der Waals surface area contributed by atoms with Gasteiger partial charge >= 0.3 is 6.03 Å². The topological polar surface area (TPSA) is 71.4 Å². The number of carbonyl (C=O) groups excluding carboxylic acids is 1. The molecule has 2 heterocycles. The number of carbonyl (C=O) groups is 1. The Kier molecular flexibility index (Phi) is 7.98. The number of urea groups is 1. The van der Waals surface area contributed by atoms with Crippen LogP contribution in [-0.4, -0.2) is 60.1 Å². The maximum absolute atomic E-state index is 13.3. The third-order valence-electron chi connectivity index (χ3n) is 6.56. The molecular formula is C27H35N5O2. The van der Waals surface area contributed by atoms with Gasteiger partial charge in [0.1, 0.15) is 5.82 Å². The van der Waals surface area contributed by atoms with E-state index in [2.05, 4.69) is 46.4 Å². The van der Waals surface area contributed by atoms with Crippen LogP contribution in [0.5, 0.6) is 0 Å². The van der Waals surface area contributed by atoms with Crippen molar-refractivity contribution in [2.45, 2.75) is 38.1 Å². The van der Waals surface area contributed by atoms with Crippen LogP contribution in [0.3, 0.4) is 0 Å². The van der Waals surface area contributed by atoms with Crippen molar-refractivity contribution < 1.29 is 9.53 Å². The predicted molar refractivity (Wildman–Crippen MR) is 137 cm³/mol. The number of nitrogens with zero attached hydrogens (tertiary/aromatic N) is 3. The molecule has 1 saturated heterocycles. The molecule has 2 aromatic rings. The molecule has 1 aliphatic carbocycles. The third-order valence-corrected chi connectivity index (χ3v) is 6.56. The summed E-state index contributed by atoms with van der Waals surface area (Å²) in [5.74, 6) is 0.973. The first kappa shape index (κ1) is 24.0. The van der Waals surface area contributed by atoms with E-state index in [4.69, 9.17) is 9.84 Å². The van der Waals surface area contributed by atoms with E-state index in [0.29, 0.717) is 6.61 Å². The van der Waals surface area contributed by atoms with Gasteiger partial charge in [0.05, 0.1) is 24.0 Å². The molecule has 2 amide bonds. The van der Waals surface area contributed by atoms with E-state index >= 15 is 0 Å². The van der Waals surface area contributed by atoms with Gasteiger partial charge in [-0.05, 0) is 43.9 Å². The number of hydrogen-bond donors (Lipinski definition) is 2. The first-order valence-electron chi connectivity index (χ1n) is 12.0. The molecule has 34 heavy (non-hydrogen) atoms. The minimum Gasteiger partial charge on any atom is -0.383 e. The van der Waals surface area contributed by atoms with Crippen LogP contribution in [0.15, 0.2) is 61.2 Å². The van der Waals surface area contributed by atoms with Crippen LogP contribution in [0.4, 0.5) is 10.6 Å². The standard InChI is InChI=1S/C27H35N5O2/c1-4-10-21(11-5-2)32-26(22-14-9-15-24(22)30-32)29-27(33)28-25-19-31(16-17-34-3)18-23(25)20-12-7-6-8-13-20/h4-8,10-13,23,25H,1,9,14-19H2,2-3H3,(H2,28,29,33)/b11-5-,21-10+/t23-,25+/m0/s1. The molecule has 0 bridgehead atoms. The minimum absolute atomic E-state index is 0.00222. The van der Waals surface area contributed by atoms with Gasteiger partial charge in [0.25, 0.3) is 0 Å². The van der Waals surface area contributed by atoms with Crippen molar-refractivity contribution in [1.82, 2.24) is 20.0 Å². The number of amides is 2. The highest BCUT2D eigenvalue weighted by Crippen LogP contribution is 2.32. The van der Waals surface area contributed by atoms with Crippen LogP contribution in [0.2, 0.25) is 0 Å². The lowest BCUT2D eigenvalue weighted by Gasteiger charge is -2.21. The number of benzene rings is 1. The summed E-state index contributed by atoms with van der Waals surface area (Å²) < 4.78 is 7.11. The number of methoxy groups -OCH3 is 1. The number of anilines is 1. The van der Waals surface area contributed by atoms with Gasteiger partial charge in [-0.15, -0.1) is 0 Å². The van der Waals surface area contributed by atoms with Gasteiger partial charge in [-0.25, -0.2) is 9.48 Å². The Hall–Kier alpha value is -3.16. The summed E-state index contributed by atoms with van der Waals surface area (Å²) in [4.78, 5) is 15.6. The lowest BCUT2D eigenvalue weighted by molar-refractivity contribution is 0.159. The van der Waals surface area contributed by atoms with Crippen molar-refractivity contribution in [3.8, 4) is 0 Å². The molecule has 1 aromatic heterocycles. The maximum Gasteiger partial charge on any atom is 0.320 e. The van der Waals surface area contributed by atoms with E-state index in [1.54, 1.807) is 13.2 Å². The first-order valence-corrected chi connectivity index (χ1v) is 12.0. The number of aryl methyl sites for hydroxylation is 1.